The van der Waals surface area contributed by atoms with E-state index >= 15 is 0 Å². The van der Waals surface area contributed by atoms with E-state index in [1.807, 2.05) is 4.90 Å². The second-order valence-electron chi connectivity index (χ2n) is 3.89. The minimum atomic E-state index is -0.497. The van der Waals surface area contributed by atoms with E-state index in [2.05, 4.69) is 9.84 Å². The average Bonchev–Trinajstić information content (AvgIpc) is 2.42. The van der Waals surface area contributed by atoms with E-state index in [9.17, 15) is 9.59 Å². The van der Waals surface area contributed by atoms with Gasteiger partial charge < -0.3 is 14.4 Å². The Labute approximate surface area is 104 Å². The lowest BCUT2D eigenvalue weighted by Crippen LogP contribution is -2.37. The highest BCUT2D eigenvalue weighted by Gasteiger charge is 2.13. The fraction of sp³-hybridized carbons (Fsp3) is 0.545. The summed E-state index contributed by atoms with van der Waals surface area (Å²) >= 11 is 0. The van der Waals surface area contributed by atoms with Crippen molar-refractivity contribution < 1.29 is 14.3 Å². The Bertz CT molecular complexity index is 479. The number of carbonyl (C=O) groups is 1. The molecule has 2 heterocycles. The van der Waals surface area contributed by atoms with Crippen LogP contribution in [0.2, 0.25) is 0 Å². The zero-order valence-electron chi connectivity index (χ0n) is 10.2. The smallest absolute Gasteiger partial charge is 0.327 e. The molecule has 0 bridgehead atoms. The summed E-state index contributed by atoms with van der Waals surface area (Å²) in [5, 5.41) is 3.96. The molecule has 0 atom stereocenters. The predicted octanol–water partition coefficient (Wildman–Crippen LogP) is -0.747. The highest BCUT2D eigenvalue weighted by atomic mass is 16.5. The molecule has 2 rings (SSSR count). The van der Waals surface area contributed by atoms with E-state index < -0.39 is 5.97 Å². The van der Waals surface area contributed by atoms with E-state index in [1.165, 1.54) is 13.2 Å². The molecule has 1 aliphatic heterocycles. The van der Waals surface area contributed by atoms with Gasteiger partial charge in [-0.25, -0.2) is 4.68 Å². The molecule has 18 heavy (non-hydrogen) atoms. The van der Waals surface area contributed by atoms with Crippen LogP contribution >= 0.6 is 0 Å². The van der Waals surface area contributed by atoms with Gasteiger partial charge in [-0.3, -0.25) is 9.59 Å². The third-order valence-electron chi connectivity index (χ3n) is 2.74. The number of ether oxygens (including phenoxy) is 2. The number of anilines is 1. The van der Waals surface area contributed by atoms with Crippen molar-refractivity contribution in [2.75, 3.05) is 38.3 Å². The maximum Gasteiger partial charge on any atom is 0.327 e. The van der Waals surface area contributed by atoms with Gasteiger partial charge in [0.15, 0.2) is 0 Å². The molecule has 98 valence electrons. The maximum absolute atomic E-state index is 11.8. The number of rotatable bonds is 3. The van der Waals surface area contributed by atoms with Gasteiger partial charge in [0, 0.05) is 19.2 Å². The Kier molecular flexibility index (Phi) is 3.93. The topological polar surface area (TPSA) is 73.7 Å². The number of hydrogen-bond acceptors (Lipinski definition) is 6. The van der Waals surface area contributed by atoms with Crippen molar-refractivity contribution >= 4 is 11.7 Å². The van der Waals surface area contributed by atoms with Gasteiger partial charge in [-0.15, -0.1) is 0 Å². The lowest BCUT2D eigenvalue weighted by molar-refractivity contribution is -0.141. The molecular formula is C11H15N3O4. The number of methoxy groups -OCH3 is 1. The number of hydrogen-bond donors (Lipinski definition) is 0. The van der Waals surface area contributed by atoms with E-state index in [4.69, 9.17) is 4.74 Å². The van der Waals surface area contributed by atoms with Crippen molar-refractivity contribution in [3.63, 3.8) is 0 Å². The largest absolute Gasteiger partial charge is 0.468 e. The second-order valence-corrected chi connectivity index (χ2v) is 3.89. The Morgan fingerprint density at radius 1 is 1.50 bits per heavy atom. The fourth-order valence-electron chi connectivity index (χ4n) is 1.72. The van der Waals surface area contributed by atoms with Gasteiger partial charge >= 0.3 is 5.97 Å². The van der Waals surface area contributed by atoms with E-state index in [1.54, 1.807) is 6.20 Å². The summed E-state index contributed by atoms with van der Waals surface area (Å²) < 4.78 is 10.8. The van der Waals surface area contributed by atoms with Gasteiger partial charge in [-0.2, -0.15) is 5.10 Å². The van der Waals surface area contributed by atoms with E-state index in [0.717, 1.165) is 23.5 Å². The third kappa shape index (κ3) is 2.86. The Hall–Kier alpha value is -1.89. The summed E-state index contributed by atoms with van der Waals surface area (Å²) in [6, 6.07) is 1.47. The molecule has 0 unspecified atom stereocenters. The first kappa shape index (κ1) is 12.6. The van der Waals surface area contributed by atoms with Gasteiger partial charge in [0.05, 0.1) is 32.2 Å². The van der Waals surface area contributed by atoms with Gasteiger partial charge in [0.1, 0.15) is 6.54 Å². The van der Waals surface area contributed by atoms with E-state index in [0.29, 0.717) is 13.2 Å². The van der Waals surface area contributed by atoms with Crippen LogP contribution in [0.5, 0.6) is 0 Å². The molecule has 1 aromatic rings. The molecule has 1 fully saturated rings. The number of aromatic nitrogens is 2. The minimum absolute atomic E-state index is 0.168. The van der Waals surface area contributed by atoms with Crippen LogP contribution in [0.1, 0.15) is 0 Å². The Balaban J connectivity index is 2.13. The van der Waals surface area contributed by atoms with Crippen molar-refractivity contribution in [2.45, 2.75) is 6.54 Å². The van der Waals surface area contributed by atoms with Crippen molar-refractivity contribution in [3.8, 4) is 0 Å². The summed E-state index contributed by atoms with van der Waals surface area (Å²) in [5.74, 6) is -0.497. The molecule has 1 aliphatic rings. The first-order chi connectivity index (χ1) is 8.70. The lowest BCUT2D eigenvalue weighted by atomic mass is 10.3. The quantitative estimate of drug-likeness (QED) is 0.660. The number of esters is 1. The normalized spacial score (nSPS) is 15.5. The third-order valence-corrected chi connectivity index (χ3v) is 2.74. The molecule has 0 spiro atoms. The van der Waals surface area contributed by atoms with Crippen LogP contribution in [0, 0.1) is 0 Å². The minimum Gasteiger partial charge on any atom is -0.468 e. The summed E-state index contributed by atoms with van der Waals surface area (Å²) in [6.45, 7) is 2.60. The van der Waals surface area contributed by atoms with Crippen molar-refractivity contribution in [1.29, 1.82) is 0 Å². The molecule has 0 radical (unpaired) electrons. The monoisotopic (exact) mass is 253 g/mol. The SMILES string of the molecule is COC(=O)Cn1ncc(N2CCOCC2)cc1=O. The number of morpholine rings is 1. The number of carbonyl (C=O) groups excluding carboxylic acids is 1. The first-order valence-corrected chi connectivity index (χ1v) is 5.67. The van der Waals surface area contributed by atoms with Gasteiger partial charge in [-0.05, 0) is 0 Å². The molecule has 1 saturated heterocycles. The first-order valence-electron chi connectivity index (χ1n) is 5.67. The van der Waals surface area contributed by atoms with Crippen molar-refractivity contribution in [3.05, 3.63) is 22.6 Å². The average molecular weight is 253 g/mol. The van der Waals surface area contributed by atoms with Crippen LogP contribution in [-0.2, 0) is 20.8 Å². The van der Waals surface area contributed by atoms with Gasteiger partial charge in [-0.1, -0.05) is 0 Å². The molecule has 0 aliphatic carbocycles. The summed E-state index contributed by atoms with van der Waals surface area (Å²) in [6.07, 6.45) is 1.58. The molecule has 7 heteroatoms. The van der Waals surface area contributed by atoms with Gasteiger partial charge in [0.2, 0.25) is 0 Å². The van der Waals surface area contributed by atoms with E-state index in [-0.39, 0.29) is 12.1 Å². The molecular weight excluding hydrogens is 238 g/mol. The zero-order valence-corrected chi connectivity index (χ0v) is 10.2. The van der Waals surface area contributed by atoms with Crippen LogP contribution in [0.3, 0.4) is 0 Å². The van der Waals surface area contributed by atoms with Gasteiger partial charge in [0.25, 0.3) is 5.56 Å². The van der Waals surface area contributed by atoms with Crippen LogP contribution < -0.4 is 10.5 Å². The highest BCUT2D eigenvalue weighted by molar-refractivity contribution is 5.68. The maximum atomic E-state index is 11.8. The number of nitrogens with zero attached hydrogens (tertiary/aromatic N) is 3. The van der Waals surface area contributed by atoms with Crippen LogP contribution in [-0.4, -0.2) is 49.2 Å². The summed E-state index contributed by atoms with van der Waals surface area (Å²) in [4.78, 5) is 24.9. The highest BCUT2D eigenvalue weighted by Crippen LogP contribution is 2.11. The Morgan fingerprint density at radius 3 is 2.83 bits per heavy atom. The standard InChI is InChI=1S/C11H15N3O4/c1-17-11(16)8-14-10(15)6-9(7-12-14)13-2-4-18-5-3-13/h6-7H,2-5,8H2,1H3. The molecule has 0 amide bonds. The fourth-order valence-corrected chi connectivity index (χ4v) is 1.72. The molecule has 0 N–H and O–H groups in total. The Morgan fingerprint density at radius 2 is 2.22 bits per heavy atom. The summed E-state index contributed by atoms with van der Waals surface area (Å²) in [7, 11) is 1.27. The molecule has 7 nitrogen and oxygen atoms in total. The molecule has 0 aromatic carbocycles. The van der Waals surface area contributed by atoms with Crippen LogP contribution in [0.25, 0.3) is 0 Å². The zero-order chi connectivity index (χ0) is 13.0. The molecule has 1 aromatic heterocycles. The van der Waals surface area contributed by atoms with Crippen molar-refractivity contribution in [2.24, 2.45) is 0 Å². The van der Waals surface area contributed by atoms with Crippen molar-refractivity contribution in [1.82, 2.24) is 9.78 Å². The predicted molar refractivity (Wildman–Crippen MR) is 63.5 cm³/mol. The van der Waals surface area contributed by atoms with Crippen LogP contribution in [0.4, 0.5) is 5.69 Å². The second kappa shape index (κ2) is 5.63. The summed E-state index contributed by atoms with van der Waals surface area (Å²) in [5.41, 5.74) is 0.439. The molecule has 0 saturated carbocycles. The van der Waals surface area contributed by atoms with Crippen LogP contribution in [0.15, 0.2) is 17.1 Å². The lowest BCUT2D eigenvalue weighted by Gasteiger charge is -2.28.